The van der Waals surface area contributed by atoms with E-state index in [1.807, 2.05) is 0 Å². The zero-order valence-corrected chi connectivity index (χ0v) is 13.9. The maximum atomic E-state index is 10.1. The van der Waals surface area contributed by atoms with Gasteiger partial charge >= 0.3 is 0 Å². The van der Waals surface area contributed by atoms with Gasteiger partial charge in [0.25, 0.3) is 0 Å². The van der Waals surface area contributed by atoms with Crippen molar-refractivity contribution < 1.29 is 5.11 Å². The fraction of sp³-hybridized carbons (Fsp3) is 0.895. The van der Waals surface area contributed by atoms with Crippen LogP contribution in [0.25, 0.3) is 0 Å². The molecular formula is C19H37O. The number of hydrogen-bond acceptors (Lipinski definition) is 0. The Hall–Kier alpha value is -0.460. The topological polar surface area (TPSA) is 19.9 Å². The molecule has 0 amide bonds. The molecule has 0 N–H and O–H groups in total. The minimum atomic E-state index is 0.920. The van der Waals surface area contributed by atoms with Gasteiger partial charge in [0.15, 0.2) is 0 Å². The Balaban J connectivity index is 2.92. The molecule has 1 nitrogen and oxygen atoms in total. The maximum absolute atomic E-state index is 10.1. The molecule has 0 aliphatic heterocycles. The van der Waals surface area contributed by atoms with Gasteiger partial charge in [-0.2, -0.15) is 0 Å². The SMILES string of the molecule is CCCCCCCCCCCCCCCCC/C=C/[O]. The van der Waals surface area contributed by atoms with Crippen LogP contribution in [-0.4, -0.2) is 0 Å². The van der Waals surface area contributed by atoms with Crippen LogP contribution in [0.5, 0.6) is 0 Å². The molecule has 0 aliphatic carbocycles. The van der Waals surface area contributed by atoms with Gasteiger partial charge in [-0.05, 0) is 18.9 Å². The first-order valence-electron chi connectivity index (χ1n) is 9.18. The molecule has 0 bridgehead atoms. The highest BCUT2D eigenvalue weighted by Crippen LogP contribution is 2.13. The number of allylic oxidation sites excluding steroid dienone is 1. The van der Waals surface area contributed by atoms with Crippen molar-refractivity contribution in [1.82, 2.24) is 0 Å². The summed E-state index contributed by atoms with van der Waals surface area (Å²) in [6.45, 7) is 2.28. The number of rotatable bonds is 16. The summed E-state index contributed by atoms with van der Waals surface area (Å²) in [6, 6.07) is 0. The molecule has 119 valence electrons. The molecule has 0 atom stereocenters. The largest absolute Gasteiger partial charge is 0.299 e. The van der Waals surface area contributed by atoms with Crippen LogP contribution >= 0.6 is 0 Å². The summed E-state index contributed by atoms with van der Waals surface area (Å²) in [6.07, 6.45) is 24.6. The summed E-state index contributed by atoms with van der Waals surface area (Å²) in [4.78, 5) is 0. The van der Waals surface area contributed by atoms with Gasteiger partial charge in [0, 0.05) is 0 Å². The van der Waals surface area contributed by atoms with Crippen LogP contribution < -0.4 is 0 Å². The van der Waals surface area contributed by atoms with Crippen LogP contribution in [0.1, 0.15) is 110 Å². The highest BCUT2D eigenvalue weighted by Gasteiger charge is 1.93. The Morgan fingerprint density at radius 3 is 1.25 bits per heavy atom. The van der Waals surface area contributed by atoms with E-state index < -0.39 is 0 Å². The highest BCUT2D eigenvalue weighted by molar-refractivity contribution is 4.70. The lowest BCUT2D eigenvalue weighted by Gasteiger charge is -2.03. The standard InChI is InChI=1S/C19H37O/c1-2-3-4-5-6-7-8-9-10-11-12-13-14-15-16-17-18-19-20/h18-19H,2-17H2,1H3/b19-18+. The Bertz CT molecular complexity index is 186. The van der Waals surface area contributed by atoms with Crippen molar-refractivity contribution in [1.29, 1.82) is 0 Å². The lowest BCUT2D eigenvalue weighted by molar-refractivity contribution is 0.349. The molecule has 0 saturated heterocycles. The van der Waals surface area contributed by atoms with Gasteiger partial charge in [-0.3, -0.25) is 5.11 Å². The average molecular weight is 282 g/mol. The van der Waals surface area contributed by atoms with E-state index in [2.05, 4.69) is 6.92 Å². The fourth-order valence-electron chi connectivity index (χ4n) is 2.70. The molecule has 0 aromatic carbocycles. The van der Waals surface area contributed by atoms with E-state index in [9.17, 15) is 5.11 Å². The van der Waals surface area contributed by atoms with E-state index in [1.165, 1.54) is 96.3 Å². The quantitative estimate of drug-likeness (QED) is 0.211. The molecule has 0 rings (SSSR count). The molecule has 0 heterocycles. The third kappa shape index (κ3) is 17.5. The van der Waals surface area contributed by atoms with Crippen molar-refractivity contribution in [2.75, 3.05) is 0 Å². The van der Waals surface area contributed by atoms with E-state index in [-0.39, 0.29) is 0 Å². The molecule has 0 unspecified atom stereocenters. The highest BCUT2D eigenvalue weighted by atomic mass is 16.2. The molecule has 0 aromatic heterocycles. The smallest absolute Gasteiger partial charge is 0.138 e. The van der Waals surface area contributed by atoms with Gasteiger partial charge in [0.2, 0.25) is 0 Å². The third-order valence-electron chi connectivity index (χ3n) is 4.07. The Kier molecular flexibility index (Phi) is 18.1. The molecule has 1 radical (unpaired) electrons. The second-order valence-corrected chi connectivity index (χ2v) is 6.11. The van der Waals surface area contributed by atoms with E-state index >= 15 is 0 Å². The van der Waals surface area contributed by atoms with Crippen LogP contribution in [0, 0.1) is 0 Å². The predicted molar refractivity (Wildman–Crippen MR) is 89.4 cm³/mol. The van der Waals surface area contributed by atoms with Gasteiger partial charge in [-0.15, -0.1) is 0 Å². The maximum Gasteiger partial charge on any atom is 0.138 e. The van der Waals surface area contributed by atoms with Gasteiger partial charge < -0.3 is 0 Å². The Morgan fingerprint density at radius 1 is 0.550 bits per heavy atom. The monoisotopic (exact) mass is 281 g/mol. The Labute approximate surface area is 127 Å². The molecule has 1 heteroatoms. The van der Waals surface area contributed by atoms with Crippen molar-refractivity contribution in [3.05, 3.63) is 12.3 Å². The van der Waals surface area contributed by atoms with Crippen molar-refractivity contribution >= 4 is 0 Å². The summed E-state index contributed by atoms with van der Waals surface area (Å²) in [7, 11) is 0. The van der Waals surface area contributed by atoms with E-state index in [0.29, 0.717) is 0 Å². The predicted octanol–water partition coefficient (Wildman–Crippen LogP) is 7.19. The molecule has 0 aliphatic rings. The molecule has 0 saturated carbocycles. The molecule has 0 spiro atoms. The lowest BCUT2D eigenvalue weighted by atomic mass is 10.0. The summed E-state index contributed by atoms with van der Waals surface area (Å²) < 4.78 is 0. The number of hydrogen-bond donors (Lipinski definition) is 0. The third-order valence-corrected chi connectivity index (χ3v) is 4.07. The van der Waals surface area contributed by atoms with Crippen LogP contribution in [0.2, 0.25) is 0 Å². The van der Waals surface area contributed by atoms with Gasteiger partial charge in [-0.25, -0.2) is 0 Å². The lowest BCUT2D eigenvalue weighted by Crippen LogP contribution is -1.83. The van der Waals surface area contributed by atoms with Crippen LogP contribution in [0.3, 0.4) is 0 Å². The molecule has 0 aromatic rings. The Morgan fingerprint density at radius 2 is 0.900 bits per heavy atom. The minimum Gasteiger partial charge on any atom is -0.299 e. The normalized spacial score (nSPS) is 11.4. The summed E-state index contributed by atoms with van der Waals surface area (Å²) in [5.74, 6) is 0. The first-order chi connectivity index (χ1) is 9.91. The fourth-order valence-corrected chi connectivity index (χ4v) is 2.70. The summed E-state index contributed by atoms with van der Waals surface area (Å²) in [5, 5.41) is 10.1. The van der Waals surface area contributed by atoms with Crippen molar-refractivity contribution in [3.63, 3.8) is 0 Å². The van der Waals surface area contributed by atoms with Gasteiger partial charge in [0.1, 0.15) is 6.26 Å². The van der Waals surface area contributed by atoms with Crippen LogP contribution in [-0.2, 0) is 5.11 Å². The van der Waals surface area contributed by atoms with E-state index in [4.69, 9.17) is 0 Å². The van der Waals surface area contributed by atoms with Crippen molar-refractivity contribution in [3.8, 4) is 0 Å². The van der Waals surface area contributed by atoms with Gasteiger partial charge in [0.05, 0.1) is 0 Å². The van der Waals surface area contributed by atoms with Crippen LogP contribution in [0.4, 0.5) is 0 Å². The molecule has 0 fully saturated rings. The average Bonchev–Trinajstić information content (AvgIpc) is 2.47. The second-order valence-electron chi connectivity index (χ2n) is 6.11. The summed E-state index contributed by atoms with van der Waals surface area (Å²) >= 11 is 0. The number of unbranched alkanes of at least 4 members (excludes halogenated alkanes) is 15. The van der Waals surface area contributed by atoms with E-state index in [1.54, 1.807) is 6.08 Å². The minimum absolute atomic E-state index is 0.920. The van der Waals surface area contributed by atoms with E-state index in [0.717, 1.165) is 12.7 Å². The van der Waals surface area contributed by atoms with Crippen molar-refractivity contribution in [2.45, 2.75) is 110 Å². The van der Waals surface area contributed by atoms with Crippen molar-refractivity contribution in [2.24, 2.45) is 0 Å². The van der Waals surface area contributed by atoms with Gasteiger partial charge in [-0.1, -0.05) is 96.8 Å². The molecular weight excluding hydrogens is 244 g/mol. The first kappa shape index (κ1) is 19.5. The second kappa shape index (κ2) is 18.5. The first-order valence-corrected chi connectivity index (χ1v) is 9.18. The summed E-state index contributed by atoms with van der Waals surface area (Å²) in [5.41, 5.74) is 0. The zero-order valence-electron chi connectivity index (χ0n) is 13.9. The zero-order chi connectivity index (χ0) is 14.7. The van der Waals surface area contributed by atoms with Crippen LogP contribution in [0.15, 0.2) is 12.3 Å². The molecule has 20 heavy (non-hydrogen) atoms.